The van der Waals surface area contributed by atoms with Crippen LogP contribution in [0.1, 0.15) is 17.3 Å². The van der Waals surface area contributed by atoms with Crippen molar-refractivity contribution in [1.29, 1.82) is 0 Å². The molecule has 3 N–H and O–H groups in total. The van der Waals surface area contributed by atoms with Gasteiger partial charge in [-0.25, -0.2) is 4.39 Å². The van der Waals surface area contributed by atoms with Crippen molar-refractivity contribution in [3.63, 3.8) is 0 Å². The average Bonchev–Trinajstić information content (AvgIpc) is 2.66. The molecule has 0 aliphatic carbocycles. The van der Waals surface area contributed by atoms with Crippen LogP contribution in [0, 0.1) is 12.7 Å². The number of aliphatic hydroxyl groups is 1. The van der Waals surface area contributed by atoms with E-state index >= 15 is 0 Å². The fourth-order valence-electron chi connectivity index (χ4n) is 3.04. The molecule has 3 aromatic rings. The normalized spacial score (nSPS) is 15.1. The molecule has 0 aliphatic rings. The molecule has 3 rings (SSSR count). The Bertz CT molecular complexity index is 1040. The molecule has 4 nitrogen and oxygen atoms in total. The first-order valence-electron chi connectivity index (χ1n) is 8.53. The molecule has 1 aromatic heterocycles. The highest BCUT2D eigenvalue weighted by atomic mass is 35.5. The highest BCUT2D eigenvalue weighted by Gasteiger charge is 2.59. The quantitative estimate of drug-likeness (QED) is 0.392. The average molecular weight is 429 g/mol. The molecular formula is C20H17ClF4N2O2. The van der Waals surface area contributed by atoms with Crippen LogP contribution in [0.3, 0.4) is 0 Å². The van der Waals surface area contributed by atoms with Crippen molar-refractivity contribution in [2.45, 2.75) is 24.7 Å². The second kappa shape index (κ2) is 7.68. The van der Waals surface area contributed by atoms with Crippen LogP contribution in [0.15, 0.2) is 48.5 Å². The monoisotopic (exact) mass is 428 g/mol. The fourth-order valence-corrected chi connectivity index (χ4v) is 3.35. The number of phenols is 1. The van der Waals surface area contributed by atoms with Gasteiger partial charge in [0.25, 0.3) is 0 Å². The van der Waals surface area contributed by atoms with E-state index in [1.54, 1.807) is 31.2 Å². The summed E-state index contributed by atoms with van der Waals surface area (Å²) in [7, 11) is 0. The van der Waals surface area contributed by atoms with E-state index in [0.717, 1.165) is 23.9 Å². The molecular weight excluding hydrogens is 412 g/mol. The van der Waals surface area contributed by atoms with Crippen molar-refractivity contribution in [3.8, 4) is 5.75 Å². The first-order valence-corrected chi connectivity index (χ1v) is 9.06. The lowest BCUT2D eigenvalue weighted by Gasteiger charge is -2.37. The number of rotatable bonds is 5. The molecule has 0 saturated carbocycles. The van der Waals surface area contributed by atoms with Gasteiger partial charge in [-0.15, -0.1) is 11.6 Å². The number of halogens is 5. The van der Waals surface area contributed by atoms with E-state index in [1.807, 2.05) is 0 Å². The van der Waals surface area contributed by atoms with Crippen LogP contribution in [0.2, 0.25) is 0 Å². The van der Waals surface area contributed by atoms with Crippen LogP contribution in [0.4, 0.5) is 23.2 Å². The van der Waals surface area contributed by atoms with Gasteiger partial charge in [0.05, 0.1) is 17.4 Å². The minimum absolute atomic E-state index is 0.193. The summed E-state index contributed by atoms with van der Waals surface area (Å²) in [4.78, 5) is 4.33. The second-order valence-electron chi connectivity index (χ2n) is 6.67. The number of pyridine rings is 1. The minimum atomic E-state index is -5.12. The molecule has 2 atom stereocenters. The Morgan fingerprint density at radius 1 is 1.14 bits per heavy atom. The van der Waals surface area contributed by atoms with Crippen LogP contribution in [0.5, 0.6) is 5.75 Å². The lowest BCUT2D eigenvalue weighted by atomic mass is 9.88. The minimum Gasteiger partial charge on any atom is -0.505 e. The fraction of sp³-hybridized carbons (Fsp3) is 0.250. The van der Waals surface area contributed by atoms with E-state index in [4.69, 9.17) is 11.6 Å². The molecule has 0 amide bonds. The maximum absolute atomic E-state index is 13.8. The third kappa shape index (κ3) is 3.95. The van der Waals surface area contributed by atoms with E-state index in [-0.39, 0.29) is 11.3 Å². The number of anilines is 1. The van der Waals surface area contributed by atoms with Gasteiger partial charge < -0.3 is 15.5 Å². The number of hydrogen-bond acceptors (Lipinski definition) is 4. The van der Waals surface area contributed by atoms with E-state index in [1.165, 1.54) is 6.07 Å². The molecule has 154 valence electrons. The third-order valence-corrected chi connectivity index (χ3v) is 5.05. The summed E-state index contributed by atoms with van der Waals surface area (Å²) in [6.07, 6.45) is -5.12. The molecule has 0 saturated heterocycles. The third-order valence-electron chi connectivity index (χ3n) is 4.65. The van der Waals surface area contributed by atoms with Gasteiger partial charge in [0.2, 0.25) is 0 Å². The molecule has 9 heteroatoms. The molecule has 0 aliphatic heterocycles. The van der Waals surface area contributed by atoms with Gasteiger partial charge in [-0.3, -0.25) is 4.98 Å². The van der Waals surface area contributed by atoms with E-state index in [9.17, 15) is 27.8 Å². The Morgan fingerprint density at radius 2 is 1.86 bits per heavy atom. The van der Waals surface area contributed by atoms with Crippen molar-refractivity contribution in [2.75, 3.05) is 11.2 Å². The van der Waals surface area contributed by atoms with Crippen molar-refractivity contribution >= 4 is 28.2 Å². The molecule has 29 heavy (non-hydrogen) atoms. The summed E-state index contributed by atoms with van der Waals surface area (Å²) in [6.45, 7) is 1.78. The number of nitrogens with zero attached hydrogens (tertiary/aromatic N) is 1. The van der Waals surface area contributed by atoms with Gasteiger partial charge in [-0.2, -0.15) is 13.2 Å². The van der Waals surface area contributed by atoms with Gasteiger partial charge in [-0.05, 0) is 48.9 Å². The molecule has 2 aromatic carbocycles. The molecule has 0 bridgehead atoms. The van der Waals surface area contributed by atoms with Crippen LogP contribution in [-0.2, 0) is 0 Å². The van der Waals surface area contributed by atoms with Crippen LogP contribution in [-0.4, -0.2) is 32.9 Å². The zero-order valence-electron chi connectivity index (χ0n) is 15.1. The Balaban J connectivity index is 2.17. The van der Waals surface area contributed by atoms with Crippen molar-refractivity contribution in [1.82, 2.24) is 4.98 Å². The number of hydrogen-bond donors (Lipinski definition) is 3. The number of aryl methyl sites for hydroxylation is 1. The number of benzene rings is 2. The summed E-state index contributed by atoms with van der Waals surface area (Å²) in [5.74, 6) is -3.03. The first kappa shape index (κ1) is 21.1. The maximum atomic E-state index is 13.8. The second-order valence-corrected chi connectivity index (χ2v) is 6.94. The van der Waals surface area contributed by atoms with Crippen LogP contribution in [0.25, 0.3) is 10.9 Å². The Hall–Kier alpha value is -2.58. The molecule has 1 heterocycles. The highest BCUT2D eigenvalue weighted by Crippen LogP contribution is 2.44. The summed E-state index contributed by atoms with van der Waals surface area (Å²) in [6, 6.07) is 9.06. The SMILES string of the molecule is Cc1ccc2c(NC(c3ccc(F)c(O)c3)C(O)(CCl)C(F)(F)F)cccc2n1. The smallest absolute Gasteiger partial charge is 0.420 e. The van der Waals surface area contributed by atoms with Crippen LogP contribution < -0.4 is 5.32 Å². The van der Waals surface area contributed by atoms with Crippen molar-refractivity contribution < 1.29 is 27.8 Å². The molecule has 2 unspecified atom stereocenters. The zero-order valence-corrected chi connectivity index (χ0v) is 15.9. The Labute approximate surface area is 168 Å². The van der Waals surface area contributed by atoms with Gasteiger partial charge >= 0.3 is 6.18 Å². The van der Waals surface area contributed by atoms with E-state index < -0.39 is 35.3 Å². The number of nitrogens with one attached hydrogen (secondary N) is 1. The summed E-state index contributed by atoms with van der Waals surface area (Å²) < 4.78 is 54.8. The highest BCUT2D eigenvalue weighted by molar-refractivity contribution is 6.18. The number of phenolic OH excluding ortho intramolecular Hbond substituents is 1. The number of aromatic nitrogens is 1. The predicted octanol–water partition coefficient (Wildman–Crippen LogP) is 5.07. The van der Waals surface area contributed by atoms with Crippen LogP contribution >= 0.6 is 11.6 Å². The summed E-state index contributed by atoms with van der Waals surface area (Å²) in [5.41, 5.74) is -2.07. The number of fused-ring (bicyclic) bond motifs is 1. The van der Waals surface area contributed by atoms with E-state index in [0.29, 0.717) is 10.9 Å². The van der Waals surface area contributed by atoms with Gasteiger partial charge in [0.1, 0.15) is 0 Å². The summed E-state index contributed by atoms with van der Waals surface area (Å²) >= 11 is 5.56. The predicted molar refractivity (Wildman–Crippen MR) is 103 cm³/mol. The van der Waals surface area contributed by atoms with Gasteiger partial charge in [0.15, 0.2) is 17.2 Å². The molecule has 0 radical (unpaired) electrons. The zero-order chi connectivity index (χ0) is 21.4. The van der Waals surface area contributed by atoms with Gasteiger partial charge in [0, 0.05) is 16.8 Å². The Morgan fingerprint density at radius 3 is 2.48 bits per heavy atom. The summed E-state index contributed by atoms with van der Waals surface area (Å²) in [5, 5.41) is 23.3. The standard InChI is InChI=1S/C20H17ClF4N2O2/c1-11-5-7-13-15(26-11)3-2-4-16(13)27-18(19(29,10-21)20(23,24)25)12-6-8-14(22)17(28)9-12/h2-9,18,27-29H,10H2,1H3. The van der Waals surface area contributed by atoms with Crippen molar-refractivity contribution in [3.05, 3.63) is 65.6 Å². The number of aromatic hydroxyl groups is 1. The maximum Gasteiger partial charge on any atom is 0.420 e. The lowest BCUT2D eigenvalue weighted by molar-refractivity contribution is -0.257. The first-order chi connectivity index (χ1) is 13.6. The number of alkyl halides is 4. The van der Waals surface area contributed by atoms with Gasteiger partial charge in [-0.1, -0.05) is 12.1 Å². The van der Waals surface area contributed by atoms with E-state index in [2.05, 4.69) is 10.3 Å². The van der Waals surface area contributed by atoms with Crippen molar-refractivity contribution in [2.24, 2.45) is 0 Å². The lowest BCUT2D eigenvalue weighted by Crippen LogP contribution is -2.54. The Kier molecular flexibility index (Phi) is 5.60. The largest absolute Gasteiger partial charge is 0.505 e. The molecule has 0 spiro atoms. The topological polar surface area (TPSA) is 65.4 Å². The molecule has 0 fully saturated rings.